The smallest absolute Gasteiger partial charge is 0.255 e. The number of aryl methyl sites for hydroxylation is 1. The van der Waals surface area contributed by atoms with Crippen molar-refractivity contribution in [1.29, 1.82) is 0 Å². The first-order chi connectivity index (χ1) is 16.3. The minimum Gasteiger partial charge on any atom is -0.383 e. The molecule has 0 bridgehead atoms. The highest BCUT2D eigenvalue weighted by Crippen LogP contribution is 2.35. The van der Waals surface area contributed by atoms with Crippen LogP contribution in [-0.2, 0) is 22.7 Å². The molecular weight excluding hydrogens is 439 g/mol. The maximum Gasteiger partial charge on any atom is 0.255 e. The summed E-state index contributed by atoms with van der Waals surface area (Å²) in [6, 6.07) is 4.04. The van der Waals surface area contributed by atoms with E-state index < -0.39 is 17.8 Å². The molecule has 1 aromatic heterocycles. The van der Waals surface area contributed by atoms with Gasteiger partial charge in [0.2, 0.25) is 11.8 Å². The molecule has 1 unspecified atom stereocenters. The van der Waals surface area contributed by atoms with Crippen molar-refractivity contribution in [3.8, 4) is 0 Å². The lowest BCUT2D eigenvalue weighted by atomic mass is 10.0. The van der Waals surface area contributed by atoms with E-state index >= 15 is 0 Å². The van der Waals surface area contributed by atoms with Crippen LogP contribution in [0.1, 0.15) is 39.9 Å². The molecule has 4 heterocycles. The Balaban J connectivity index is 1.32. The lowest BCUT2D eigenvalue weighted by Crippen LogP contribution is -2.52. The van der Waals surface area contributed by atoms with Gasteiger partial charge >= 0.3 is 0 Å². The molecule has 3 N–H and O–H groups in total. The van der Waals surface area contributed by atoms with Crippen molar-refractivity contribution in [2.45, 2.75) is 38.9 Å². The second-order valence-electron chi connectivity index (χ2n) is 9.17. The van der Waals surface area contributed by atoms with Gasteiger partial charge in [0.05, 0.1) is 0 Å². The molecule has 2 fully saturated rings. The molecule has 1 atom stereocenters. The van der Waals surface area contributed by atoms with Gasteiger partial charge in [0.15, 0.2) is 0 Å². The van der Waals surface area contributed by atoms with Crippen LogP contribution in [0.15, 0.2) is 24.4 Å². The Morgan fingerprint density at radius 2 is 1.91 bits per heavy atom. The number of nitrogen functional groups attached to an aromatic ring is 1. The molecular formula is C24H27FN6O3. The standard InChI is InChI=1S/C24H27FN6O3/c1-14-8-15(22(26)27-11-14)12-29-4-6-30(7-5-29)20-10-16(25)9-17-18(20)13-31(24(17)34)19-2-3-21(32)28-23(19)33/h8-11,19H,2-7,12-13H2,1H3,(H2,26,27)(H,28,32,33). The van der Waals surface area contributed by atoms with Crippen molar-refractivity contribution < 1.29 is 18.8 Å². The van der Waals surface area contributed by atoms with E-state index in [2.05, 4.69) is 20.1 Å². The zero-order chi connectivity index (χ0) is 24.0. The van der Waals surface area contributed by atoms with Gasteiger partial charge < -0.3 is 15.5 Å². The molecule has 0 spiro atoms. The van der Waals surface area contributed by atoms with Crippen LogP contribution in [0.4, 0.5) is 15.9 Å². The van der Waals surface area contributed by atoms with Crippen molar-refractivity contribution in [2.24, 2.45) is 0 Å². The van der Waals surface area contributed by atoms with Crippen LogP contribution in [0.5, 0.6) is 0 Å². The van der Waals surface area contributed by atoms with Gasteiger partial charge in [0.25, 0.3) is 5.91 Å². The van der Waals surface area contributed by atoms with Gasteiger partial charge in [-0.05, 0) is 37.1 Å². The topological polar surface area (TPSA) is 112 Å². The Bertz CT molecular complexity index is 1180. The number of hydrogen-bond donors (Lipinski definition) is 2. The lowest BCUT2D eigenvalue weighted by molar-refractivity contribution is -0.136. The summed E-state index contributed by atoms with van der Waals surface area (Å²) in [6.45, 7) is 5.74. The number of imide groups is 1. The molecule has 3 aliphatic rings. The second kappa shape index (κ2) is 8.68. The molecule has 0 radical (unpaired) electrons. The van der Waals surface area contributed by atoms with Crippen molar-refractivity contribution in [3.63, 3.8) is 0 Å². The number of piperazine rings is 1. The van der Waals surface area contributed by atoms with Crippen LogP contribution >= 0.6 is 0 Å². The van der Waals surface area contributed by atoms with E-state index in [0.717, 1.165) is 29.8 Å². The molecule has 34 heavy (non-hydrogen) atoms. The quantitative estimate of drug-likeness (QED) is 0.651. The van der Waals surface area contributed by atoms with Crippen molar-refractivity contribution in [2.75, 3.05) is 36.8 Å². The van der Waals surface area contributed by atoms with Gasteiger partial charge in [0, 0.05) is 74.3 Å². The maximum atomic E-state index is 14.5. The summed E-state index contributed by atoms with van der Waals surface area (Å²) < 4.78 is 14.5. The van der Waals surface area contributed by atoms with Crippen LogP contribution in [0.3, 0.4) is 0 Å². The van der Waals surface area contributed by atoms with Gasteiger partial charge in [-0.3, -0.25) is 24.6 Å². The Morgan fingerprint density at radius 3 is 2.65 bits per heavy atom. The molecule has 5 rings (SSSR count). The highest BCUT2D eigenvalue weighted by atomic mass is 19.1. The molecule has 1 aromatic carbocycles. The second-order valence-corrected chi connectivity index (χ2v) is 9.17. The summed E-state index contributed by atoms with van der Waals surface area (Å²) in [5.74, 6) is -1.13. The van der Waals surface area contributed by atoms with Gasteiger partial charge in [-0.2, -0.15) is 0 Å². The largest absolute Gasteiger partial charge is 0.383 e. The first-order valence-corrected chi connectivity index (χ1v) is 11.5. The molecule has 0 saturated carbocycles. The van der Waals surface area contributed by atoms with Gasteiger partial charge in [-0.25, -0.2) is 9.37 Å². The number of aromatic nitrogens is 1. The highest BCUT2D eigenvalue weighted by Gasteiger charge is 2.41. The monoisotopic (exact) mass is 466 g/mol. The number of nitrogens with zero attached hydrogens (tertiary/aromatic N) is 4. The van der Waals surface area contributed by atoms with Crippen molar-refractivity contribution >= 4 is 29.2 Å². The summed E-state index contributed by atoms with van der Waals surface area (Å²) in [5, 5.41) is 2.30. The number of piperidine rings is 1. The number of carbonyl (C=O) groups excluding carboxylic acids is 3. The number of benzene rings is 1. The number of nitrogens with two attached hydrogens (primary N) is 1. The van der Waals surface area contributed by atoms with E-state index in [0.29, 0.717) is 36.7 Å². The summed E-state index contributed by atoms with van der Waals surface area (Å²) in [6.07, 6.45) is 2.21. The molecule has 3 amide bonds. The van der Waals surface area contributed by atoms with E-state index in [4.69, 9.17) is 5.73 Å². The number of pyridine rings is 1. The zero-order valence-corrected chi connectivity index (χ0v) is 19.0. The Labute approximate surface area is 196 Å². The van der Waals surface area contributed by atoms with Crippen LogP contribution in [0.25, 0.3) is 0 Å². The molecule has 10 heteroatoms. The number of fused-ring (bicyclic) bond motifs is 1. The SMILES string of the molecule is Cc1cnc(N)c(CN2CCN(c3cc(F)cc4c3CN(C3CCC(=O)NC3=O)C4=O)CC2)c1. The fourth-order valence-electron chi connectivity index (χ4n) is 5.04. The number of nitrogens with one attached hydrogen (secondary N) is 1. The number of anilines is 2. The Morgan fingerprint density at radius 1 is 1.15 bits per heavy atom. The minimum absolute atomic E-state index is 0.181. The van der Waals surface area contributed by atoms with E-state index in [1.807, 2.05) is 13.0 Å². The average Bonchev–Trinajstić information content (AvgIpc) is 3.12. The molecule has 2 aromatic rings. The third-order valence-electron chi connectivity index (χ3n) is 6.84. The normalized spacial score (nSPS) is 21.1. The van der Waals surface area contributed by atoms with Gasteiger partial charge in [0.1, 0.15) is 17.7 Å². The van der Waals surface area contributed by atoms with Crippen LogP contribution < -0.4 is 16.0 Å². The van der Waals surface area contributed by atoms with E-state index in [-0.39, 0.29) is 31.2 Å². The van der Waals surface area contributed by atoms with E-state index in [9.17, 15) is 18.8 Å². The maximum absolute atomic E-state index is 14.5. The number of hydrogen-bond acceptors (Lipinski definition) is 7. The Hall–Kier alpha value is -3.53. The van der Waals surface area contributed by atoms with Crippen LogP contribution in [-0.4, -0.2) is 64.7 Å². The molecule has 178 valence electrons. The van der Waals surface area contributed by atoms with Crippen molar-refractivity contribution in [3.05, 3.63) is 52.5 Å². The number of rotatable bonds is 4. The zero-order valence-electron chi connectivity index (χ0n) is 19.0. The van der Waals surface area contributed by atoms with Crippen LogP contribution in [0, 0.1) is 12.7 Å². The van der Waals surface area contributed by atoms with E-state index in [1.54, 1.807) is 6.20 Å². The van der Waals surface area contributed by atoms with E-state index in [1.165, 1.54) is 17.0 Å². The molecule has 0 aliphatic carbocycles. The highest BCUT2D eigenvalue weighted by molar-refractivity contribution is 6.06. The Kier molecular flexibility index (Phi) is 5.68. The molecule has 2 saturated heterocycles. The molecule has 3 aliphatic heterocycles. The summed E-state index contributed by atoms with van der Waals surface area (Å²) >= 11 is 0. The summed E-state index contributed by atoms with van der Waals surface area (Å²) in [5.41, 5.74) is 9.80. The van der Waals surface area contributed by atoms with Gasteiger partial charge in [-0.15, -0.1) is 0 Å². The number of carbonyl (C=O) groups is 3. The predicted octanol–water partition coefficient (Wildman–Crippen LogP) is 1.19. The fraction of sp³-hybridized carbons (Fsp3) is 0.417. The minimum atomic E-state index is -0.723. The summed E-state index contributed by atoms with van der Waals surface area (Å²) in [7, 11) is 0. The fourth-order valence-corrected chi connectivity index (χ4v) is 5.04. The van der Waals surface area contributed by atoms with Gasteiger partial charge in [-0.1, -0.05) is 0 Å². The third kappa shape index (κ3) is 4.09. The number of amides is 3. The first-order valence-electron chi connectivity index (χ1n) is 11.5. The average molecular weight is 467 g/mol. The van der Waals surface area contributed by atoms with Crippen molar-refractivity contribution in [1.82, 2.24) is 20.1 Å². The lowest BCUT2D eigenvalue weighted by Gasteiger charge is -2.37. The first kappa shape index (κ1) is 22.3. The molecule has 9 nitrogen and oxygen atoms in total. The van der Waals surface area contributed by atoms with Crippen LogP contribution in [0.2, 0.25) is 0 Å². The number of halogens is 1. The third-order valence-corrected chi connectivity index (χ3v) is 6.84. The predicted molar refractivity (Wildman–Crippen MR) is 123 cm³/mol. The summed E-state index contributed by atoms with van der Waals surface area (Å²) in [4.78, 5) is 47.0.